The fraction of sp³-hybridized carbons (Fsp3) is 0.542. The van der Waals surface area contributed by atoms with Crippen LogP contribution in [0.15, 0.2) is 48.9 Å². The van der Waals surface area contributed by atoms with Crippen LogP contribution in [0.4, 0.5) is 0 Å². The molecule has 0 spiro atoms. The minimum atomic E-state index is -0.343. The number of aliphatic hydroxyl groups excluding tert-OH is 1. The number of likely N-dealkylation sites (N-methyl/N-ethyl adjacent to an activating group) is 1. The summed E-state index contributed by atoms with van der Waals surface area (Å²) in [4.78, 5) is 25.6. The number of amides is 1. The molecule has 31 heavy (non-hydrogen) atoms. The van der Waals surface area contributed by atoms with E-state index in [0.717, 1.165) is 51.9 Å². The van der Waals surface area contributed by atoms with Crippen LogP contribution in [0.25, 0.3) is 0 Å². The second kappa shape index (κ2) is 9.85. The van der Waals surface area contributed by atoms with Crippen molar-refractivity contribution >= 4 is 5.91 Å². The van der Waals surface area contributed by atoms with Crippen molar-refractivity contribution in [1.82, 2.24) is 25.1 Å². The molecule has 0 radical (unpaired) electrons. The zero-order valence-corrected chi connectivity index (χ0v) is 18.3. The number of piperazine rings is 1. The first-order chi connectivity index (χ1) is 15.1. The van der Waals surface area contributed by atoms with Crippen LogP contribution in [-0.4, -0.2) is 82.7 Å². The summed E-state index contributed by atoms with van der Waals surface area (Å²) >= 11 is 0. The molecular weight excluding hydrogens is 390 g/mol. The van der Waals surface area contributed by atoms with Crippen molar-refractivity contribution in [2.75, 3.05) is 39.8 Å². The van der Waals surface area contributed by atoms with E-state index in [4.69, 9.17) is 0 Å². The quantitative estimate of drug-likeness (QED) is 0.713. The maximum atomic E-state index is 12.7. The summed E-state index contributed by atoms with van der Waals surface area (Å²) in [6, 6.07) is 10.6. The van der Waals surface area contributed by atoms with Crippen molar-refractivity contribution in [2.24, 2.45) is 0 Å². The molecule has 3 atom stereocenters. The van der Waals surface area contributed by atoms with Crippen LogP contribution in [0.1, 0.15) is 41.7 Å². The minimum Gasteiger partial charge on any atom is -0.391 e. The van der Waals surface area contributed by atoms with Gasteiger partial charge in [-0.2, -0.15) is 0 Å². The molecule has 2 aliphatic rings. The zero-order valence-electron chi connectivity index (χ0n) is 18.3. The third-order valence-corrected chi connectivity index (χ3v) is 7.06. The average Bonchev–Trinajstić information content (AvgIpc) is 2.99. The van der Waals surface area contributed by atoms with Crippen molar-refractivity contribution in [1.29, 1.82) is 0 Å². The van der Waals surface area contributed by atoms with E-state index in [2.05, 4.69) is 56.4 Å². The highest BCUT2D eigenvalue weighted by atomic mass is 16.3. The zero-order chi connectivity index (χ0) is 21.7. The van der Waals surface area contributed by atoms with Crippen LogP contribution < -0.4 is 5.32 Å². The van der Waals surface area contributed by atoms with Gasteiger partial charge in [0, 0.05) is 56.6 Å². The van der Waals surface area contributed by atoms with Gasteiger partial charge in [-0.1, -0.05) is 30.3 Å². The van der Waals surface area contributed by atoms with Crippen LogP contribution >= 0.6 is 0 Å². The minimum absolute atomic E-state index is 0.176. The predicted molar refractivity (Wildman–Crippen MR) is 120 cm³/mol. The first kappa shape index (κ1) is 21.9. The van der Waals surface area contributed by atoms with E-state index < -0.39 is 0 Å². The number of rotatable bonds is 5. The van der Waals surface area contributed by atoms with Crippen molar-refractivity contribution < 1.29 is 9.90 Å². The topological polar surface area (TPSA) is 81.6 Å². The summed E-state index contributed by atoms with van der Waals surface area (Å²) in [5.41, 5.74) is 1.34. The van der Waals surface area contributed by atoms with E-state index >= 15 is 0 Å². The Morgan fingerprint density at radius 1 is 1.13 bits per heavy atom. The summed E-state index contributed by atoms with van der Waals surface area (Å²) in [5, 5.41) is 14.1. The number of nitrogens with one attached hydrogen (secondary N) is 1. The van der Waals surface area contributed by atoms with Crippen molar-refractivity contribution in [3.05, 3.63) is 60.2 Å². The Kier molecular flexibility index (Phi) is 6.95. The highest BCUT2D eigenvalue weighted by molar-refractivity contribution is 5.91. The molecule has 7 heteroatoms. The van der Waals surface area contributed by atoms with Gasteiger partial charge in [0.25, 0.3) is 5.91 Å². The molecule has 2 heterocycles. The standard InChI is InChI=1S/C24H33N5O2/c1-28-13-15-29(16-14-28)21-7-9-24(10-8-22(21)30,19-5-3-2-4-6-19)18-27-23(31)20-17-25-11-12-26-20/h2-6,11-12,17,21-22,30H,7-10,13-16,18H2,1H3,(H,27,31)/t21-,22-,24-/m0/s1. The predicted octanol–water partition coefficient (Wildman–Crippen LogP) is 1.70. The lowest BCUT2D eigenvalue weighted by molar-refractivity contribution is 0.0200. The summed E-state index contributed by atoms with van der Waals surface area (Å²) in [5.74, 6) is -0.205. The maximum Gasteiger partial charge on any atom is 0.271 e. The molecule has 2 fully saturated rings. The van der Waals surface area contributed by atoms with Crippen LogP contribution in [0.3, 0.4) is 0 Å². The third-order valence-electron chi connectivity index (χ3n) is 7.06. The van der Waals surface area contributed by atoms with E-state index in [0.29, 0.717) is 12.2 Å². The van der Waals surface area contributed by atoms with Gasteiger partial charge >= 0.3 is 0 Å². The lowest BCUT2D eigenvalue weighted by Crippen LogP contribution is -2.52. The van der Waals surface area contributed by atoms with Crippen molar-refractivity contribution in [3.63, 3.8) is 0 Å². The fourth-order valence-electron chi connectivity index (χ4n) is 5.05. The molecule has 1 aliphatic heterocycles. The number of carbonyl (C=O) groups excluding carboxylic acids is 1. The Hall–Kier alpha value is -2.35. The normalized spacial score (nSPS) is 28.1. The van der Waals surface area contributed by atoms with Gasteiger partial charge < -0.3 is 15.3 Å². The molecule has 0 unspecified atom stereocenters. The highest BCUT2D eigenvalue weighted by Gasteiger charge is 2.40. The average molecular weight is 424 g/mol. The molecule has 166 valence electrons. The first-order valence-corrected chi connectivity index (χ1v) is 11.3. The van der Waals surface area contributed by atoms with E-state index in [1.807, 2.05) is 6.07 Å². The first-order valence-electron chi connectivity index (χ1n) is 11.3. The summed E-state index contributed by atoms with van der Waals surface area (Å²) < 4.78 is 0. The molecule has 1 amide bonds. The van der Waals surface area contributed by atoms with Crippen molar-refractivity contribution in [2.45, 2.75) is 43.2 Å². The molecule has 1 aliphatic carbocycles. The molecule has 0 bridgehead atoms. The fourth-order valence-corrected chi connectivity index (χ4v) is 5.05. The number of hydrogen-bond donors (Lipinski definition) is 2. The van der Waals surface area contributed by atoms with Crippen LogP contribution in [0.2, 0.25) is 0 Å². The Morgan fingerprint density at radius 2 is 1.87 bits per heavy atom. The van der Waals surface area contributed by atoms with Gasteiger partial charge in [0.15, 0.2) is 0 Å². The lowest BCUT2D eigenvalue weighted by atomic mass is 9.74. The van der Waals surface area contributed by atoms with Gasteiger partial charge in [0.1, 0.15) is 5.69 Å². The Bertz CT molecular complexity index is 842. The highest BCUT2D eigenvalue weighted by Crippen LogP contribution is 2.39. The second-order valence-corrected chi connectivity index (χ2v) is 8.97. The van der Waals surface area contributed by atoms with Gasteiger partial charge in [-0.15, -0.1) is 0 Å². The van der Waals surface area contributed by atoms with Crippen molar-refractivity contribution in [3.8, 4) is 0 Å². The summed E-state index contributed by atoms with van der Waals surface area (Å²) in [6.07, 6.45) is 7.65. The Labute approximate surface area is 184 Å². The van der Waals surface area contributed by atoms with E-state index in [1.54, 1.807) is 6.20 Å². The van der Waals surface area contributed by atoms with Gasteiger partial charge in [0.05, 0.1) is 12.3 Å². The van der Waals surface area contributed by atoms with Gasteiger partial charge in [-0.05, 0) is 38.3 Å². The molecule has 1 saturated carbocycles. The SMILES string of the molecule is CN1CCN([C@H]2CC[C@](CNC(=O)c3cnccn3)(c3ccccc3)CC[C@@H]2O)CC1. The Morgan fingerprint density at radius 3 is 2.58 bits per heavy atom. The number of nitrogens with zero attached hydrogens (tertiary/aromatic N) is 4. The molecule has 1 aromatic carbocycles. The molecule has 2 aromatic rings. The molecule has 1 aromatic heterocycles. The largest absolute Gasteiger partial charge is 0.391 e. The summed E-state index contributed by atoms with van der Waals surface area (Å²) in [7, 11) is 2.15. The molecular formula is C24H33N5O2. The monoisotopic (exact) mass is 423 g/mol. The van der Waals surface area contributed by atoms with E-state index in [1.165, 1.54) is 18.0 Å². The smallest absolute Gasteiger partial charge is 0.271 e. The van der Waals surface area contributed by atoms with Crippen LogP contribution in [-0.2, 0) is 5.41 Å². The number of aliphatic hydroxyl groups is 1. The van der Waals surface area contributed by atoms with Gasteiger partial charge in [0.2, 0.25) is 0 Å². The van der Waals surface area contributed by atoms with Crippen LogP contribution in [0, 0.1) is 0 Å². The number of benzene rings is 1. The number of carbonyl (C=O) groups is 1. The van der Waals surface area contributed by atoms with E-state index in [-0.39, 0.29) is 23.5 Å². The van der Waals surface area contributed by atoms with E-state index in [9.17, 15) is 9.90 Å². The third kappa shape index (κ3) is 5.11. The van der Waals surface area contributed by atoms with Gasteiger partial charge in [-0.25, -0.2) is 4.98 Å². The molecule has 4 rings (SSSR count). The number of aromatic nitrogens is 2. The second-order valence-electron chi connectivity index (χ2n) is 8.97. The molecule has 7 nitrogen and oxygen atoms in total. The number of hydrogen-bond acceptors (Lipinski definition) is 6. The van der Waals surface area contributed by atoms with Crippen LogP contribution in [0.5, 0.6) is 0 Å². The maximum absolute atomic E-state index is 12.7. The Balaban J connectivity index is 1.52. The van der Waals surface area contributed by atoms with Gasteiger partial charge in [-0.3, -0.25) is 14.7 Å². The molecule has 2 N–H and O–H groups in total. The molecule has 1 saturated heterocycles. The lowest BCUT2D eigenvalue weighted by Gasteiger charge is -2.39. The summed E-state index contributed by atoms with van der Waals surface area (Å²) in [6.45, 7) is 4.61.